The van der Waals surface area contributed by atoms with Crippen LogP contribution in [0, 0.1) is 5.41 Å². The van der Waals surface area contributed by atoms with Crippen LogP contribution in [0.5, 0.6) is 0 Å². The zero-order valence-corrected chi connectivity index (χ0v) is 12.1. The molecule has 100 valence electrons. The van der Waals surface area contributed by atoms with Gasteiger partial charge in [-0.05, 0) is 51.4 Å². The first-order valence-corrected chi connectivity index (χ1v) is 8.56. The van der Waals surface area contributed by atoms with Gasteiger partial charge in [-0.1, -0.05) is 6.92 Å². The Hall–Kier alpha value is -0.0900. The van der Waals surface area contributed by atoms with E-state index >= 15 is 0 Å². The highest BCUT2D eigenvalue weighted by atomic mass is 32.2. The van der Waals surface area contributed by atoms with Gasteiger partial charge in [0.15, 0.2) is 9.84 Å². The first-order valence-electron chi connectivity index (χ1n) is 6.74. The molecule has 1 spiro atoms. The van der Waals surface area contributed by atoms with Crippen molar-refractivity contribution in [2.24, 2.45) is 5.41 Å². The Morgan fingerprint density at radius 1 is 1.24 bits per heavy atom. The van der Waals surface area contributed by atoms with E-state index in [-0.39, 0.29) is 11.0 Å². The van der Waals surface area contributed by atoms with Crippen LogP contribution in [0.15, 0.2) is 0 Å². The number of hydrogen-bond acceptors (Lipinski definition) is 3. The van der Waals surface area contributed by atoms with E-state index in [9.17, 15) is 8.42 Å². The van der Waals surface area contributed by atoms with Crippen molar-refractivity contribution < 1.29 is 8.42 Å². The van der Waals surface area contributed by atoms with E-state index < -0.39 is 9.84 Å². The maximum atomic E-state index is 11.3. The summed E-state index contributed by atoms with van der Waals surface area (Å²) in [6, 6.07) is 0.582. The fourth-order valence-corrected chi connectivity index (χ4v) is 5.57. The van der Waals surface area contributed by atoms with Gasteiger partial charge in [0.05, 0.1) is 11.5 Å². The lowest BCUT2D eigenvalue weighted by molar-refractivity contribution is 0.171. The van der Waals surface area contributed by atoms with E-state index in [0.717, 1.165) is 32.1 Å². The fraction of sp³-hybridized carbons (Fsp3) is 1.00. The molecule has 1 heterocycles. The van der Waals surface area contributed by atoms with Gasteiger partial charge in [-0.2, -0.15) is 0 Å². The average Bonchev–Trinajstić information content (AvgIpc) is 2.19. The third-order valence-corrected chi connectivity index (χ3v) is 6.68. The van der Waals surface area contributed by atoms with Gasteiger partial charge >= 0.3 is 0 Å². The zero-order chi connectivity index (χ0) is 12.7. The van der Waals surface area contributed by atoms with Crippen LogP contribution in [-0.2, 0) is 9.84 Å². The van der Waals surface area contributed by atoms with Gasteiger partial charge in [0.2, 0.25) is 0 Å². The minimum absolute atomic E-state index is 0.160. The lowest BCUT2D eigenvalue weighted by Gasteiger charge is -2.47. The van der Waals surface area contributed by atoms with Crippen molar-refractivity contribution in [1.29, 1.82) is 0 Å². The van der Waals surface area contributed by atoms with Crippen molar-refractivity contribution in [3.8, 4) is 0 Å². The largest absolute Gasteiger partial charge is 0.309 e. The van der Waals surface area contributed by atoms with Crippen molar-refractivity contribution in [2.75, 3.05) is 11.5 Å². The SMILES string of the molecule is CCC(C)(C)NC1CCC2(CC1)CS(=O)(=O)C2. The van der Waals surface area contributed by atoms with E-state index in [2.05, 4.69) is 26.1 Å². The van der Waals surface area contributed by atoms with E-state index in [4.69, 9.17) is 0 Å². The van der Waals surface area contributed by atoms with Gasteiger partial charge < -0.3 is 5.32 Å². The molecule has 17 heavy (non-hydrogen) atoms. The Balaban J connectivity index is 1.83. The molecule has 1 saturated carbocycles. The standard InChI is InChI=1S/C13H25NO2S/c1-4-12(2,3)14-11-5-7-13(8-6-11)9-17(15,16)10-13/h11,14H,4-10H2,1-3H3. The molecule has 0 atom stereocenters. The van der Waals surface area contributed by atoms with Crippen molar-refractivity contribution in [2.45, 2.75) is 64.5 Å². The summed E-state index contributed by atoms with van der Waals surface area (Å²) in [7, 11) is -2.67. The molecule has 1 N–H and O–H groups in total. The van der Waals surface area contributed by atoms with Crippen molar-refractivity contribution in [3.05, 3.63) is 0 Å². The number of sulfone groups is 1. The van der Waals surface area contributed by atoms with Crippen LogP contribution >= 0.6 is 0 Å². The summed E-state index contributed by atoms with van der Waals surface area (Å²) in [5.74, 6) is 0.897. The molecule has 2 rings (SSSR count). The molecule has 1 saturated heterocycles. The molecule has 1 aliphatic heterocycles. The minimum Gasteiger partial charge on any atom is -0.309 e. The summed E-state index contributed by atoms with van der Waals surface area (Å²) < 4.78 is 22.6. The predicted octanol–water partition coefficient (Wildman–Crippen LogP) is 2.12. The third kappa shape index (κ3) is 3.02. The molecule has 3 nitrogen and oxygen atoms in total. The van der Waals surface area contributed by atoms with E-state index in [0.29, 0.717) is 17.5 Å². The highest BCUT2D eigenvalue weighted by Gasteiger charge is 2.49. The quantitative estimate of drug-likeness (QED) is 0.844. The molecule has 0 bridgehead atoms. The second-order valence-electron chi connectivity index (χ2n) is 6.69. The van der Waals surface area contributed by atoms with Gasteiger partial charge in [0.25, 0.3) is 0 Å². The lowest BCUT2D eigenvalue weighted by atomic mass is 9.74. The number of hydrogen-bond donors (Lipinski definition) is 1. The highest BCUT2D eigenvalue weighted by Crippen LogP contribution is 2.45. The van der Waals surface area contributed by atoms with Crippen LogP contribution in [-0.4, -0.2) is 31.5 Å². The van der Waals surface area contributed by atoms with Crippen molar-refractivity contribution in [1.82, 2.24) is 5.32 Å². The Morgan fingerprint density at radius 3 is 2.18 bits per heavy atom. The maximum Gasteiger partial charge on any atom is 0.151 e. The van der Waals surface area contributed by atoms with Gasteiger partial charge in [-0.25, -0.2) is 8.42 Å². The lowest BCUT2D eigenvalue weighted by Crippen LogP contribution is -2.54. The van der Waals surface area contributed by atoms with E-state index in [1.54, 1.807) is 0 Å². The monoisotopic (exact) mass is 259 g/mol. The van der Waals surface area contributed by atoms with Gasteiger partial charge in [-0.15, -0.1) is 0 Å². The molecular weight excluding hydrogens is 234 g/mol. The van der Waals surface area contributed by atoms with Crippen molar-refractivity contribution in [3.63, 3.8) is 0 Å². The van der Waals surface area contributed by atoms with Gasteiger partial charge in [0, 0.05) is 11.6 Å². The first kappa shape index (κ1) is 13.3. The summed E-state index contributed by atoms with van der Waals surface area (Å²) in [6.45, 7) is 6.69. The summed E-state index contributed by atoms with van der Waals surface area (Å²) >= 11 is 0. The molecule has 0 unspecified atom stereocenters. The van der Waals surface area contributed by atoms with Crippen LogP contribution in [0.25, 0.3) is 0 Å². The van der Waals surface area contributed by atoms with Crippen LogP contribution in [0.4, 0.5) is 0 Å². The highest BCUT2D eigenvalue weighted by molar-refractivity contribution is 7.92. The van der Waals surface area contributed by atoms with Crippen LogP contribution in [0.2, 0.25) is 0 Å². The third-order valence-electron chi connectivity index (χ3n) is 4.58. The molecule has 0 aromatic rings. The molecule has 0 aromatic heterocycles. The first-order chi connectivity index (χ1) is 7.76. The zero-order valence-electron chi connectivity index (χ0n) is 11.3. The second kappa shape index (κ2) is 4.23. The van der Waals surface area contributed by atoms with Crippen molar-refractivity contribution >= 4 is 9.84 Å². The predicted molar refractivity (Wildman–Crippen MR) is 70.8 cm³/mol. The van der Waals surface area contributed by atoms with Crippen LogP contribution in [0.1, 0.15) is 52.9 Å². The smallest absolute Gasteiger partial charge is 0.151 e. The molecule has 4 heteroatoms. The van der Waals surface area contributed by atoms with Gasteiger partial charge in [0.1, 0.15) is 0 Å². The summed E-state index contributed by atoms with van der Waals surface area (Å²) in [5.41, 5.74) is 0.369. The minimum atomic E-state index is -2.67. The Morgan fingerprint density at radius 2 is 1.76 bits per heavy atom. The molecule has 0 radical (unpaired) electrons. The van der Waals surface area contributed by atoms with E-state index in [1.165, 1.54) is 0 Å². The average molecular weight is 259 g/mol. The Labute approximate surface area is 105 Å². The van der Waals surface area contributed by atoms with Crippen LogP contribution < -0.4 is 5.32 Å². The molecule has 1 aliphatic carbocycles. The topological polar surface area (TPSA) is 46.2 Å². The van der Waals surface area contributed by atoms with E-state index in [1.807, 2.05) is 0 Å². The van der Waals surface area contributed by atoms with Gasteiger partial charge in [-0.3, -0.25) is 0 Å². The second-order valence-corrected chi connectivity index (χ2v) is 8.75. The molecular formula is C13H25NO2S. The Bertz CT molecular complexity index is 364. The maximum absolute atomic E-state index is 11.3. The van der Waals surface area contributed by atoms with Crippen LogP contribution in [0.3, 0.4) is 0 Å². The normalized spacial score (nSPS) is 27.9. The molecule has 0 amide bonds. The fourth-order valence-electron chi connectivity index (χ4n) is 3.21. The number of rotatable bonds is 3. The Kier molecular flexibility index (Phi) is 3.32. The molecule has 2 fully saturated rings. The summed E-state index contributed by atoms with van der Waals surface area (Å²) in [6.07, 6.45) is 5.58. The summed E-state index contributed by atoms with van der Waals surface area (Å²) in [5, 5.41) is 3.70. The molecule has 0 aromatic carbocycles. The summed E-state index contributed by atoms with van der Waals surface area (Å²) in [4.78, 5) is 0. The number of nitrogens with one attached hydrogen (secondary N) is 1. The molecule has 2 aliphatic rings.